The predicted molar refractivity (Wildman–Crippen MR) is 131 cm³/mol. The van der Waals surface area contributed by atoms with Crippen molar-refractivity contribution < 1.29 is 14.2 Å². The highest BCUT2D eigenvalue weighted by atomic mass is 35.5. The second-order valence-corrected chi connectivity index (χ2v) is 8.92. The standard InChI is InChI=1S/C21H21Cl3O3.C4H10/c1-21(2,14-4-6-16(7-5-14)26-12-17-13-27-17)15-10-18(23)20(19(24)11-15)25-9-3-8-22;1-3-4-2/h3-8,10-11,17H,9,12-13H2,1-2H3;3-4H2,1-2H3/b8-3+;. The van der Waals surface area contributed by atoms with Gasteiger partial charge in [0.25, 0.3) is 0 Å². The molecule has 3 rings (SSSR count). The fraction of sp³-hybridized carbons (Fsp3) is 0.440. The summed E-state index contributed by atoms with van der Waals surface area (Å²) >= 11 is 18.3. The molecule has 1 aliphatic rings. The van der Waals surface area contributed by atoms with E-state index in [0.717, 1.165) is 23.5 Å². The molecule has 0 N–H and O–H groups in total. The molecule has 0 aromatic heterocycles. The Balaban J connectivity index is 0.000000785. The lowest BCUT2D eigenvalue weighted by Gasteiger charge is -2.27. The molecule has 2 aromatic carbocycles. The van der Waals surface area contributed by atoms with E-state index in [1.165, 1.54) is 18.4 Å². The van der Waals surface area contributed by atoms with Gasteiger partial charge < -0.3 is 14.2 Å². The first-order valence-corrected chi connectivity index (χ1v) is 11.7. The minimum atomic E-state index is -0.292. The maximum atomic E-state index is 6.41. The first kappa shape index (κ1) is 25.9. The van der Waals surface area contributed by atoms with Crippen LogP contribution in [-0.4, -0.2) is 25.9 Å². The quantitative estimate of drug-likeness (QED) is 0.337. The second kappa shape index (κ2) is 12.6. The van der Waals surface area contributed by atoms with Crippen LogP contribution in [0.15, 0.2) is 48.0 Å². The molecule has 1 saturated heterocycles. The van der Waals surface area contributed by atoms with Gasteiger partial charge in [-0.1, -0.05) is 87.5 Å². The molecule has 1 atom stereocenters. The van der Waals surface area contributed by atoms with Crippen molar-refractivity contribution in [2.24, 2.45) is 0 Å². The van der Waals surface area contributed by atoms with Crippen molar-refractivity contribution in [2.75, 3.05) is 19.8 Å². The van der Waals surface area contributed by atoms with E-state index in [2.05, 4.69) is 39.8 Å². The lowest BCUT2D eigenvalue weighted by molar-refractivity contribution is 0.263. The third-order valence-corrected chi connectivity index (χ3v) is 5.79. The van der Waals surface area contributed by atoms with Crippen molar-refractivity contribution in [3.05, 3.63) is 69.2 Å². The molecule has 0 aliphatic carbocycles. The number of hydrogen-bond acceptors (Lipinski definition) is 3. The summed E-state index contributed by atoms with van der Waals surface area (Å²) in [5, 5.41) is 0.941. The molecule has 0 spiro atoms. The molecular formula is C25H31Cl3O3. The Morgan fingerprint density at radius 2 is 1.58 bits per heavy atom. The van der Waals surface area contributed by atoms with Gasteiger partial charge in [-0.25, -0.2) is 0 Å². The lowest BCUT2D eigenvalue weighted by atomic mass is 9.78. The highest BCUT2D eigenvalue weighted by Crippen LogP contribution is 2.40. The van der Waals surface area contributed by atoms with Crippen molar-refractivity contribution in [1.29, 1.82) is 0 Å². The number of benzene rings is 2. The van der Waals surface area contributed by atoms with Crippen LogP contribution in [0.1, 0.15) is 51.7 Å². The van der Waals surface area contributed by atoms with Gasteiger partial charge in [-0.3, -0.25) is 0 Å². The predicted octanol–water partition coefficient (Wildman–Crippen LogP) is 8.03. The summed E-state index contributed by atoms with van der Waals surface area (Å²) in [6.07, 6.45) is 4.55. The number of unbranched alkanes of at least 4 members (excludes halogenated alkanes) is 1. The van der Waals surface area contributed by atoms with Gasteiger partial charge in [0, 0.05) is 11.0 Å². The molecule has 1 fully saturated rings. The van der Waals surface area contributed by atoms with Gasteiger partial charge in [0.1, 0.15) is 25.1 Å². The maximum Gasteiger partial charge on any atom is 0.156 e. The highest BCUT2D eigenvalue weighted by molar-refractivity contribution is 6.37. The van der Waals surface area contributed by atoms with Crippen molar-refractivity contribution in [1.82, 2.24) is 0 Å². The van der Waals surface area contributed by atoms with E-state index in [4.69, 9.17) is 49.0 Å². The van der Waals surface area contributed by atoms with Crippen LogP contribution in [0.2, 0.25) is 10.0 Å². The summed E-state index contributed by atoms with van der Waals surface area (Å²) in [5.41, 5.74) is 3.23. The Bertz CT molecular complexity index is 819. The van der Waals surface area contributed by atoms with Crippen LogP contribution in [0.25, 0.3) is 0 Å². The molecule has 6 heteroatoms. The summed E-state index contributed by atoms with van der Waals surface area (Å²) in [6.45, 7) is 10.3. The zero-order valence-corrected chi connectivity index (χ0v) is 20.9. The summed E-state index contributed by atoms with van der Waals surface area (Å²) in [5.74, 6) is 1.29. The molecule has 0 saturated carbocycles. The Labute approximate surface area is 201 Å². The summed E-state index contributed by atoms with van der Waals surface area (Å²) in [4.78, 5) is 0. The molecule has 2 aromatic rings. The fourth-order valence-electron chi connectivity index (χ4n) is 2.71. The smallest absolute Gasteiger partial charge is 0.156 e. The SMILES string of the molecule is CC(C)(c1ccc(OCC2CO2)cc1)c1cc(Cl)c(OC/C=C/Cl)c(Cl)c1.CCCC. The molecule has 170 valence electrons. The van der Waals surface area contributed by atoms with Gasteiger partial charge in [-0.2, -0.15) is 0 Å². The first-order valence-electron chi connectivity index (χ1n) is 10.6. The van der Waals surface area contributed by atoms with Crippen molar-refractivity contribution in [3.8, 4) is 11.5 Å². The molecule has 3 nitrogen and oxygen atoms in total. The number of hydrogen-bond donors (Lipinski definition) is 0. The molecule has 1 unspecified atom stereocenters. The van der Waals surface area contributed by atoms with Gasteiger partial charge in [-0.15, -0.1) is 0 Å². The van der Waals surface area contributed by atoms with Crippen LogP contribution in [0.4, 0.5) is 0 Å². The van der Waals surface area contributed by atoms with E-state index in [0.29, 0.717) is 29.0 Å². The molecule has 0 radical (unpaired) electrons. The van der Waals surface area contributed by atoms with E-state index in [1.54, 1.807) is 6.08 Å². The fourth-order valence-corrected chi connectivity index (χ4v) is 3.38. The third-order valence-electron chi connectivity index (χ3n) is 5.05. The Kier molecular flexibility index (Phi) is 10.5. The van der Waals surface area contributed by atoms with Crippen LogP contribution in [0, 0.1) is 0 Å². The molecule has 31 heavy (non-hydrogen) atoms. The summed E-state index contributed by atoms with van der Waals surface area (Å²) in [6, 6.07) is 11.8. The van der Waals surface area contributed by atoms with E-state index in [1.807, 2.05) is 24.3 Å². The van der Waals surface area contributed by atoms with Gasteiger partial charge >= 0.3 is 0 Å². The van der Waals surface area contributed by atoms with Crippen LogP contribution >= 0.6 is 34.8 Å². The van der Waals surface area contributed by atoms with Crippen LogP contribution in [0.3, 0.4) is 0 Å². The van der Waals surface area contributed by atoms with Crippen molar-refractivity contribution in [2.45, 2.75) is 52.1 Å². The minimum Gasteiger partial charge on any atom is -0.491 e. The van der Waals surface area contributed by atoms with E-state index in [9.17, 15) is 0 Å². The van der Waals surface area contributed by atoms with Crippen LogP contribution in [-0.2, 0) is 10.2 Å². The van der Waals surface area contributed by atoms with Crippen molar-refractivity contribution >= 4 is 34.8 Å². The average molecular weight is 486 g/mol. The molecular weight excluding hydrogens is 455 g/mol. The number of ether oxygens (including phenoxy) is 3. The molecule has 1 heterocycles. The topological polar surface area (TPSA) is 31.0 Å². The maximum absolute atomic E-state index is 6.41. The summed E-state index contributed by atoms with van der Waals surface area (Å²) < 4.78 is 16.5. The highest BCUT2D eigenvalue weighted by Gasteiger charge is 2.26. The number of halogens is 3. The normalized spacial score (nSPS) is 15.4. The third kappa shape index (κ3) is 7.91. The van der Waals surface area contributed by atoms with Gasteiger partial charge in [0.2, 0.25) is 0 Å². The second-order valence-electron chi connectivity index (χ2n) is 7.86. The largest absolute Gasteiger partial charge is 0.491 e. The van der Waals surface area contributed by atoms with Gasteiger partial charge in [-0.05, 0) is 41.5 Å². The summed E-state index contributed by atoms with van der Waals surface area (Å²) in [7, 11) is 0. The lowest BCUT2D eigenvalue weighted by Crippen LogP contribution is -2.19. The minimum absolute atomic E-state index is 0.242. The molecule has 1 aliphatic heterocycles. The molecule has 0 amide bonds. The average Bonchev–Trinajstić information content (AvgIpc) is 3.59. The molecule has 0 bridgehead atoms. The Hall–Kier alpha value is -1.39. The zero-order valence-electron chi connectivity index (χ0n) is 18.6. The van der Waals surface area contributed by atoms with Gasteiger partial charge in [0.15, 0.2) is 5.75 Å². The first-order chi connectivity index (χ1) is 14.8. The van der Waals surface area contributed by atoms with Crippen LogP contribution < -0.4 is 9.47 Å². The van der Waals surface area contributed by atoms with E-state index >= 15 is 0 Å². The number of rotatable bonds is 9. The van der Waals surface area contributed by atoms with E-state index in [-0.39, 0.29) is 11.5 Å². The van der Waals surface area contributed by atoms with Gasteiger partial charge in [0.05, 0.1) is 16.7 Å². The van der Waals surface area contributed by atoms with Crippen LogP contribution in [0.5, 0.6) is 11.5 Å². The monoisotopic (exact) mass is 484 g/mol. The van der Waals surface area contributed by atoms with E-state index < -0.39 is 0 Å². The van der Waals surface area contributed by atoms with Crippen molar-refractivity contribution in [3.63, 3.8) is 0 Å². The zero-order chi connectivity index (χ0) is 22.9. The number of epoxide rings is 1. The Morgan fingerprint density at radius 3 is 2.06 bits per heavy atom. The Morgan fingerprint density at radius 1 is 1.00 bits per heavy atom.